The van der Waals surface area contributed by atoms with Crippen LogP contribution in [0.15, 0.2) is 6.20 Å². The molecule has 1 saturated carbocycles. The average molecular weight is 342 g/mol. The number of rotatable bonds is 2. The fourth-order valence-electron chi connectivity index (χ4n) is 3.47. The van der Waals surface area contributed by atoms with Crippen LogP contribution in [-0.2, 0) is 12.7 Å². The summed E-state index contributed by atoms with van der Waals surface area (Å²) in [5.74, 6) is 1.13. The zero-order valence-corrected chi connectivity index (χ0v) is 13.1. The Morgan fingerprint density at radius 1 is 1.33 bits per heavy atom. The van der Waals surface area contributed by atoms with Gasteiger partial charge in [-0.1, -0.05) is 6.42 Å². The first-order valence-corrected chi connectivity index (χ1v) is 7.75. The van der Waals surface area contributed by atoms with Crippen LogP contribution in [0.2, 0.25) is 0 Å². The Kier molecular flexibility index (Phi) is 5.18. The zero-order valence-electron chi connectivity index (χ0n) is 11.5. The van der Waals surface area contributed by atoms with Crippen LogP contribution in [0.4, 0.5) is 13.2 Å². The van der Waals surface area contributed by atoms with Gasteiger partial charge in [0.15, 0.2) is 5.01 Å². The van der Waals surface area contributed by atoms with Crippen molar-refractivity contribution in [2.45, 2.75) is 38.0 Å². The molecule has 2 fully saturated rings. The van der Waals surface area contributed by atoms with Gasteiger partial charge in [-0.05, 0) is 24.7 Å². The van der Waals surface area contributed by atoms with Crippen LogP contribution in [0.5, 0.6) is 0 Å². The van der Waals surface area contributed by atoms with Crippen molar-refractivity contribution >= 4 is 23.7 Å². The van der Waals surface area contributed by atoms with Crippen molar-refractivity contribution < 1.29 is 13.2 Å². The Morgan fingerprint density at radius 3 is 2.71 bits per heavy atom. The van der Waals surface area contributed by atoms with Crippen molar-refractivity contribution in [2.24, 2.45) is 17.6 Å². The summed E-state index contributed by atoms with van der Waals surface area (Å²) in [6.45, 7) is 2.43. The van der Waals surface area contributed by atoms with Crippen LogP contribution in [0.3, 0.4) is 0 Å². The minimum Gasteiger partial charge on any atom is -0.327 e. The summed E-state index contributed by atoms with van der Waals surface area (Å²) >= 11 is 0.752. The lowest BCUT2D eigenvalue weighted by Gasteiger charge is -2.29. The van der Waals surface area contributed by atoms with Gasteiger partial charge in [0.25, 0.3) is 0 Å². The van der Waals surface area contributed by atoms with E-state index in [4.69, 9.17) is 5.73 Å². The van der Waals surface area contributed by atoms with Gasteiger partial charge in [-0.3, -0.25) is 4.90 Å². The Morgan fingerprint density at radius 2 is 2.10 bits per heavy atom. The van der Waals surface area contributed by atoms with Crippen LogP contribution in [0, 0.1) is 11.8 Å². The Balaban J connectivity index is 0.00000161. The maximum Gasteiger partial charge on any atom is 0.443 e. The third-order valence-electron chi connectivity index (χ3n) is 4.41. The number of halogens is 4. The summed E-state index contributed by atoms with van der Waals surface area (Å²) in [5.41, 5.74) is 6.15. The van der Waals surface area contributed by atoms with Crippen molar-refractivity contribution in [3.05, 3.63) is 16.1 Å². The number of hydrogen-bond donors (Lipinski definition) is 1. The quantitative estimate of drug-likeness (QED) is 0.898. The van der Waals surface area contributed by atoms with E-state index in [1.54, 1.807) is 0 Å². The normalized spacial score (nSPS) is 30.0. The van der Waals surface area contributed by atoms with E-state index >= 15 is 0 Å². The number of alkyl halides is 3. The summed E-state index contributed by atoms with van der Waals surface area (Å²) < 4.78 is 37.6. The highest BCUT2D eigenvalue weighted by Gasteiger charge is 2.39. The van der Waals surface area contributed by atoms with Gasteiger partial charge in [0.05, 0.1) is 0 Å². The Bertz CT molecular complexity index is 479. The lowest BCUT2D eigenvalue weighted by atomic mass is 9.78. The molecule has 1 aromatic heterocycles. The van der Waals surface area contributed by atoms with Gasteiger partial charge < -0.3 is 5.73 Å². The maximum absolute atomic E-state index is 12.5. The predicted molar refractivity (Wildman–Crippen MR) is 78.4 cm³/mol. The molecule has 0 amide bonds. The molecular formula is C13H19ClF3N3S. The van der Waals surface area contributed by atoms with Crippen molar-refractivity contribution in [2.75, 3.05) is 13.1 Å². The van der Waals surface area contributed by atoms with Gasteiger partial charge in [-0.25, -0.2) is 4.98 Å². The van der Waals surface area contributed by atoms with E-state index in [9.17, 15) is 13.2 Å². The minimum atomic E-state index is -4.33. The summed E-state index contributed by atoms with van der Waals surface area (Å²) in [7, 11) is 0. The van der Waals surface area contributed by atoms with Crippen LogP contribution in [-0.4, -0.2) is 29.0 Å². The van der Waals surface area contributed by atoms with Crippen LogP contribution in [0.1, 0.15) is 29.1 Å². The van der Waals surface area contributed by atoms with E-state index in [0.29, 0.717) is 23.3 Å². The second-order valence-corrected chi connectivity index (χ2v) is 6.96. The topological polar surface area (TPSA) is 42.1 Å². The fourth-order valence-corrected chi connectivity index (χ4v) is 4.29. The maximum atomic E-state index is 12.5. The number of nitrogens with zero attached hydrogens (tertiary/aromatic N) is 2. The lowest BCUT2D eigenvalue weighted by Crippen LogP contribution is -2.38. The molecule has 3 nitrogen and oxygen atoms in total. The molecule has 0 radical (unpaired) electrons. The largest absolute Gasteiger partial charge is 0.443 e. The SMILES string of the molecule is Cl.NC1CCCC2CN(Cc3cnc(C(F)(F)F)s3)CC12. The molecule has 3 unspecified atom stereocenters. The molecule has 2 N–H and O–H groups in total. The van der Waals surface area contributed by atoms with E-state index in [0.717, 1.165) is 30.8 Å². The molecule has 8 heteroatoms. The Labute approximate surface area is 132 Å². The van der Waals surface area contributed by atoms with Gasteiger partial charge in [0, 0.05) is 36.8 Å². The summed E-state index contributed by atoms with van der Waals surface area (Å²) in [6, 6.07) is 0.256. The van der Waals surface area contributed by atoms with Gasteiger partial charge in [-0.2, -0.15) is 13.2 Å². The van der Waals surface area contributed by atoms with Gasteiger partial charge in [-0.15, -0.1) is 23.7 Å². The molecular weight excluding hydrogens is 323 g/mol. The molecule has 0 bridgehead atoms. The predicted octanol–water partition coefficient (Wildman–Crippen LogP) is 3.14. The molecule has 1 aromatic rings. The van der Waals surface area contributed by atoms with E-state index < -0.39 is 11.2 Å². The summed E-state index contributed by atoms with van der Waals surface area (Å²) in [6.07, 6.45) is 0.480. The average Bonchev–Trinajstić information content (AvgIpc) is 2.96. The number of nitrogens with two attached hydrogens (primary N) is 1. The van der Waals surface area contributed by atoms with Crippen LogP contribution >= 0.6 is 23.7 Å². The number of hydrogen-bond acceptors (Lipinski definition) is 4. The number of aromatic nitrogens is 1. The highest BCUT2D eigenvalue weighted by molar-refractivity contribution is 7.11. The molecule has 3 rings (SSSR count). The van der Waals surface area contributed by atoms with Crippen LogP contribution < -0.4 is 5.73 Å². The highest BCUT2D eigenvalue weighted by atomic mass is 35.5. The standard InChI is InChI=1S/C13H18F3N3S.ClH/c14-13(15,16)12-18-4-9(20-12)6-19-5-8-2-1-3-11(17)10(8)7-19;/h4,8,10-11H,1-3,5-7,17H2;1H. The molecule has 21 heavy (non-hydrogen) atoms. The molecule has 2 heterocycles. The van der Waals surface area contributed by atoms with Gasteiger partial charge in [0.2, 0.25) is 0 Å². The first kappa shape index (κ1) is 17.0. The molecule has 2 aliphatic rings. The number of fused-ring (bicyclic) bond motifs is 1. The number of thiazole rings is 1. The fraction of sp³-hybridized carbons (Fsp3) is 0.769. The molecule has 0 spiro atoms. The van der Waals surface area contributed by atoms with Crippen LogP contribution in [0.25, 0.3) is 0 Å². The van der Waals surface area contributed by atoms with Gasteiger partial charge in [0.1, 0.15) is 0 Å². The molecule has 0 aromatic carbocycles. The Hall–Kier alpha value is -0.370. The summed E-state index contributed by atoms with van der Waals surface area (Å²) in [4.78, 5) is 6.39. The van der Waals surface area contributed by atoms with Crippen molar-refractivity contribution in [3.63, 3.8) is 0 Å². The van der Waals surface area contributed by atoms with E-state index in [1.807, 2.05) is 0 Å². The second kappa shape index (κ2) is 6.40. The van der Waals surface area contributed by atoms with Crippen molar-refractivity contribution in [1.29, 1.82) is 0 Å². The van der Waals surface area contributed by atoms with Crippen molar-refractivity contribution in [1.82, 2.24) is 9.88 Å². The smallest absolute Gasteiger partial charge is 0.327 e. The third kappa shape index (κ3) is 3.70. The first-order valence-electron chi connectivity index (χ1n) is 6.93. The summed E-state index contributed by atoms with van der Waals surface area (Å²) in [5, 5.41) is -0.749. The molecule has 1 aliphatic heterocycles. The monoisotopic (exact) mass is 341 g/mol. The van der Waals surface area contributed by atoms with Crippen molar-refractivity contribution in [3.8, 4) is 0 Å². The molecule has 1 aliphatic carbocycles. The highest BCUT2D eigenvalue weighted by Crippen LogP contribution is 2.37. The van der Waals surface area contributed by atoms with E-state index in [1.165, 1.54) is 19.0 Å². The first-order chi connectivity index (χ1) is 9.43. The van der Waals surface area contributed by atoms with E-state index in [2.05, 4.69) is 9.88 Å². The lowest BCUT2D eigenvalue weighted by molar-refractivity contribution is -0.137. The molecule has 1 saturated heterocycles. The minimum absolute atomic E-state index is 0. The van der Waals surface area contributed by atoms with E-state index in [-0.39, 0.29) is 18.4 Å². The zero-order chi connectivity index (χ0) is 14.3. The third-order valence-corrected chi connectivity index (χ3v) is 5.43. The second-order valence-electron chi connectivity index (χ2n) is 5.84. The number of likely N-dealkylation sites (tertiary alicyclic amines) is 1. The van der Waals surface area contributed by atoms with Gasteiger partial charge >= 0.3 is 6.18 Å². The molecule has 3 atom stereocenters. The molecule has 120 valence electrons.